The Kier molecular flexibility index (Phi) is 5.52. The highest BCUT2D eigenvalue weighted by Crippen LogP contribution is 2.52. The van der Waals surface area contributed by atoms with Crippen molar-refractivity contribution < 1.29 is 19.8 Å². The van der Waals surface area contributed by atoms with E-state index >= 15 is 0 Å². The van der Waals surface area contributed by atoms with Gasteiger partial charge in [-0.25, -0.2) is 9.78 Å². The van der Waals surface area contributed by atoms with Gasteiger partial charge >= 0.3 is 5.97 Å². The molecule has 4 heterocycles. The lowest BCUT2D eigenvalue weighted by Crippen LogP contribution is -2.63. The molecule has 4 rings (SSSR count). The lowest BCUT2D eigenvalue weighted by Gasteiger charge is -2.46. The molecule has 3 aliphatic heterocycles. The lowest BCUT2D eigenvalue weighted by atomic mass is 9.79. The number of carboxylic acid groups (broad SMARTS) is 1. The molecule has 1 aromatic heterocycles. The molecule has 158 valence electrons. The molecule has 0 aliphatic carbocycles. The fourth-order valence-electron chi connectivity index (χ4n) is 4.78. The topological polar surface area (TPSA) is 94.0 Å². The molecule has 9 heteroatoms. The van der Waals surface area contributed by atoms with E-state index in [0.29, 0.717) is 16.9 Å². The van der Waals surface area contributed by atoms with Gasteiger partial charge in [-0.1, -0.05) is 18.7 Å². The summed E-state index contributed by atoms with van der Waals surface area (Å²) in [4.78, 5) is 33.6. The second-order valence-electron chi connectivity index (χ2n) is 8.48. The number of aliphatic hydroxyl groups excluding tert-OH is 1. The zero-order valence-corrected chi connectivity index (χ0v) is 18.7. The number of thiazole rings is 1. The molecule has 29 heavy (non-hydrogen) atoms. The number of piperidine rings is 1. The third-order valence-corrected chi connectivity index (χ3v) is 8.86. The zero-order valence-electron chi connectivity index (χ0n) is 17.0. The molecule has 7 nitrogen and oxygen atoms in total. The van der Waals surface area contributed by atoms with Crippen LogP contribution in [0.25, 0.3) is 0 Å². The van der Waals surface area contributed by atoms with Gasteiger partial charge in [-0.2, -0.15) is 0 Å². The van der Waals surface area contributed by atoms with Gasteiger partial charge in [-0.3, -0.25) is 4.79 Å². The summed E-state index contributed by atoms with van der Waals surface area (Å²) in [5.41, 5.74) is 1.12. The molecule has 2 fully saturated rings. The van der Waals surface area contributed by atoms with Crippen molar-refractivity contribution in [2.45, 2.75) is 62.1 Å². The van der Waals surface area contributed by atoms with Crippen LogP contribution in [0.2, 0.25) is 0 Å². The van der Waals surface area contributed by atoms with Crippen molar-refractivity contribution in [3.63, 3.8) is 0 Å². The van der Waals surface area contributed by atoms with Crippen molar-refractivity contribution in [1.29, 1.82) is 0 Å². The molecular formula is C20H27N3O4S2. The molecule has 0 spiro atoms. The Labute approximate surface area is 178 Å². The smallest absolute Gasteiger partial charge is 0.353 e. The number of likely N-dealkylation sites (tertiary alicyclic amines) is 1. The molecule has 1 aromatic rings. The van der Waals surface area contributed by atoms with Crippen LogP contribution in [0, 0.1) is 11.8 Å². The molecule has 0 saturated carbocycles. The number of aliphatic carboxylic acids is 1. The number of thioether (sulfide) groups is 1. The zero-order chi connectivity index (χ0) is 21.0. The summed E-state index contributed by atoms with van der Waals surface area (Å²) in [6.07, 6.45) is 1.47. The highest BCUT2D eigenvalue weighted by Gasteiger charge is 2.60. The van der Waals surface area contributed by atoms with E-state index in [0.717, 1.165) is 29.4 Å². The molecule has 0 radical (unpaired) electrons. The van der Waals surface area contributed by atoms with Gasteiger partial charge in [0.25, 0.3) is 0 Å². The minimum Gasteiger partial charge on any atom is -0.477 e. The van der Waals surface area contributed by atoms with Crippen LogP contribution in [0.3, 0.4) is 0 Å². The number of carbonyl (C=O) groups excluding carboxylic acids is 1. The van der Waals surface area contributed by atoms with E-state index in [4.69, 9.17) is 4.98 Å². The number of carboxylic acids is 1. The van der Waals surface area contributed by atoms with Gasteiger partial charge in [-0.15, -0.1) is 11.3 Å². The number of fused-ring (bicyclic) bond motifs is 1. The van der Waals surface area contributed by atoms with Crippen LogP contribution in [-0.2, 0) is 9.59 Å². The first-order chi connectivity index (χ1) is 13.7. The Morgan fingerprint density at radius 1 is 1.38 bits per heavy atom. The molecule has 0 bridgehead atoms. The number of rotatable bonds is 5. The normalized spacial score (nSPS) is 33.6. The van der Waals surface area contributed by atoms with Crippen LogP contribution in [0.4, 0.5) is 0 Å². The highest BCUT2D eigenvalue weighted by molar-refractivity contribution is 8.04. The fraction of sp³-hybridized carbons (Fsp3) is 0.650. The Bertz CT molecular complexity index is 868. The Hall–Kier alpha value is -1.42. The van der Waals surface area contributed by atoms with E-state index in [-0.39, 0.29) is 23.6 Å². The molecule has 3 aliphatic rings. The highest BCUT2D eigenvalue weighted by atomic mass is 32.2. The standard InChI is InChI=1S/C20H27N3O4S2/c1-9-5-6-12(7-22(9)4)13-8-28-20(21-13)29-17-10(2)15-14(11(3)24)18(25)23(15)16(17)19(26)27/h8-12,14-15,24H,5-7H2,1-4H3,(H,26,27)/t9-,10-,11-,12?,14-,15-/m1/s1. The first kappa shape index (κ1) is 20.8. The molecule has 2 saturated heterocycles. The van der Waals surface area contributed by atoms with Crippen LogP contribution >= 0.6 is 23.1 Å². The number of aromatic nitrogens is 1. The van der Waals surface area contributed by atoms with Gasteiger partial charge in [0.05, 0.1) is 23.8 Å². The van der Waals surface area contributed by atoms with Crippen LogP contribution < -0.4 is 0 Å². The van der Waals surface area contributed by atoms with Crippen LogP contribution in [0.15, 0.2) is 20.3 Å². The van der Waals surface area contributed by atoms with Crippen molar-refractivity contribution in [1.82, 2.24) is 14.8 Å². The predicted molar refractivity (Wildman–Crippen MR) is 112 cm³/mol. The minimum absolute atomic E-state index is 0.0531. The summed E-state index contributed by atoms with van der Waals surface area (Å²) >= 11 is 2.89. The van der Waals surface area contributed by atoms with Gasteiger partial charge in [0.15, 0.2) is 4.34 Å². The summed E-state index contributed by atoms with van der Waals surface area (Å²) in [5, 5.41) is 21.8. The minimum atomic E-state index is -1.10. The quantitative estimate of drug-likeness (QED) is 0.684. The summed E-state index contributed by atoms with van der Waals surface area (Å²) in [6, 6.07) is 0.300. The maximum Gasteiger partial charge on any atom is 0.353 e. The average Bonchev–Trinajstić information content (AvgIpc) is 3.20. The number of likely N-dealkylation sites (N-methyl/N-ethyl adjacent to an activating group) is 1. The van der Waals surface area contributed by atoms with Crippen LogP contribution in [0.5, 0.6) is 0 Å². The number of hydrogen-bond donors (Lipinski definition) is 2. The van der Waals surface area contributed by atoms with Crippen molar-refractivity contribution in [2.24, 2.45) is 11.8 Å². The molecule has 1 unspecified atom stereocenters. The Morgan fingerprint density at radius 2 is 2.10 bits per heavy atom. The maximum atomic E-state index is 12.5. The second kappa shape index (κ2) is 7.68. The SMILES string of the molecule is C[C@@H]1CCC(c2csc(SC3=C(C(=O)O)N4C(=O)[C@H]([C@@H](C)O)[C@H]4[C@H]3C)n2)CN1C. The lowest BCUT2D eigenvalue weighted by molar-refractivity contribution is -0.163. The van der Waals surface area contributed by atoms with Crippen molar-refractivity contribution in [3.8, 4) is 0 Å². The summed E-state index contributed by atoms with van der Waals surface area (Å²) < 4.78 is 0.811. The van der Waals surface area contributed by atoms with Gasteiger partial charge < -0.3 is 20.0 Å². The maximum absolute atomic E-state index is 12.5. The Morgan fingerprint density at radius 3 is 2.72 bits per heavy atom. The van der Waals surface area contributed by atoms with E-state index in [1.165, 1.54) is 28.0 Å². The predicted octanol–water partition coefficient (Wildman–Crippen LogP) is 2.59. The third-order valence-electron chi connectivity index (χ3n) is 6.62. The number of amides is 1. The van der Waals surface area contributed by atoms with Gasteiger partial charge in [0, 0.05) is 34.7 Å². The number of hydrogen-bond acceptors (Lipinski definition) is 7. The van der Waals surface area contributed by atoms with E-state index < -0.39 is 18.0 Å². The van der Waals surface area contributed by atoms with Crippen molar-refractivity contribution >= 4 is 35.0 Å². The molecule has 1 amide bonds. The van der Waals surface area contributed by atoms with E-state index in [1.54, 1.807) is 6.92 Å². The summed E-state index contributed by atoms with van der Waals surface area (Å²) in [7, 11) is 2.14. The number of β-lactam (4-membered cyclic amide) rings is 1. The number of carbonyl (C=O) groups is 2. The molecular weight excluding hydrogens is 410 g/mol. The van der Waals surface area contributed by atoms with Gasteiger partial charge in [-0.05, 0) is 33.7 Å². The monoisotopic (exact) mass is 437 g/mol. The molecule has 0 aromatic carbocycles. The van der Waals surface area contributed by atoms with Crippen molar-refractivity contribution in [2.75, 3.05) is 13.6 Å². The summed E-state index contributed by atoms with van der Waals surface area (Å²) in [5.74, 6) is -1.68. The van der Waals surface area contributed by atoms with E-state index in [1.807, 2.05) is 6.92 Å². The fourth-order valence-corrected chi connectivity index (χ4v) is 6.96. The third kappa shape index (κ3) is 3.41. The average molecular weight is 438 g/mol. The largest absolute Gasteiger partial charge is 0.477 e. The second-order valence-corrected chi connectivity index (χ2v) is 10.6. The van der Waals surface area contributed by atoms with E-state index in [9.17, 15) is 19.8 Å². The molecule has 6 atom stereocenters. The number of aliphatic hydroxyl groups is 1. The van der Waals surface area contributed by atoms with E-state index in [2.05, 4.69) is 24.3 Å². The first-order valence-corrected chi connectivity index (χ1v) is 11.7. The first-order valence-electron chi connectivity index (χ1n) is 10.0. The number of nitrogens with zero attached hydrogens (tertiary/aromatic N) is 3. The van der Waals surface area contributed by atoms with Crippen LogP contribution in [0.1, 0.15) is 45.2 Å². The van der Waals surface area contributed by atoms with Gasteiger partial charge in [0.1, 0.15) is 5.70 Å². The Balaban J connectivity index is 1.56. The van der Waals surface area contributed by atoms with Crippen LogP contribution in [-0.4, -0.2) is 68.7 Å². The molecule has 2 N–H and O–H groups in total. The van der Waals surface area contributed by atoms with Gasteiger partial charge in [0.2, 0.25) is 5.91 Å². The summed E-state index contributed by atoms with van der Waals surface area (Å²) in [6.45, 7) is 6.75. The van der Waals surface area contributed by atoms with Crippen molar-refractivity contribution in [3.05, 3.63) is 21.7 Å².